The highest BCUT2D eigenvalue weighted by atomic mass is 19.4. The minimum atomic E-state index is -4.79. The molecule has 0 bridgehead atoms. The topological polar surface area (TPSA) is 71.0 Å². The molecule has 2 N–H and O–H groups in total. The number of rotatable bonds is 2. The van der Waals surface area contributed by atoms with Gasteiger partial charge in [0.25, 0.3) is 0 Å². The second-order valence-electron chi connectivity index (χ2n) is 7.65. The second-order valence-corrected chi connectivity index (χ2v) is 7.65. The smallest absolute Gasteiger partial charge is 0.484 e. The van der Waals surface area contributed by atoms with E-state index in [1.165, 1.54) is 29.2 Å². The highest BCUT2D eigenvalue weighted by molar-refractivity contribution is 5.89. The number of hydrogen-bond donors (Lipinski definition) is 2. The first kappa shape index (κ1) is 21.2. The standard InChI is InChI=1S/C21H20F4N2O4/c22-16-3-1-2-15-17(28)12-20(31-18(15)16)8-10-27(11-9-20)19(29)26-13-4-6-14(7-5-13)30-21(23,24)25/h1-7,17,28H,8-12H2,(H,26,29). The number of carbonyl (C=O) groups excluding carboxylic acids is 1. The molecule has 0 radical (unpaired) electrons. The number of amides is 2. The molecular weight excluding hydrogens is 420 g/mol. The van der Waals surface area contributed by atoms with Crippen LogP contribution in [0.15, 0.2) is 42.5 Å². The maximum atomic E-state index is 14.2. The van der Waals surface area contributed by atoms with Crippen LogP contribution in [-0.2, 0) is 0 Å². The van der Waals surface area contributed by atoms with Crippen LogP contribution in [0.1, 0.15) is 30.9 Å². The van der Waals surface area contributed by atoms with Crippen molar-refractivity contribution in [1.29, 1.82) is 0 Å². The van der Waals surface area contributed by atoms with E-state index >= 15 is 0 Å². The third-order valence-corrected chi connectivity index (χ3v) is 5.54. The van der Waals surface area contributed by atoms with E-state index in [-0.39, 0.29) is 11.5 Å². The van der Waals surface area contributed by atoms with E-state index in [0.29, 0.717) is 43.6 Å². The van der Waals surface area contributed by atoms with Gasteiger partial charge in [-0.3, -0.25) is 0 Å². The molecule has 31 heavy (non-hydrogen) atoms. The second kappa shape index (κ2) is 7.92. The molecule has 10 heteroatoms. The maximum Gasteiger partial charge on any atom is 0.573 e. The fourth-order valence-corrected chi connectivity index (χ4v) is 3.98. The third-order valence-electron chi connectivity index (χ3n) is 5.54. The van der Waals surface area contributed by atoms with E-state index in [1.807, 2.05) is 0 Å². The van der Waals surface area contributed by atoms with Crippen molar-refractivity contribution in [3.63, 3.8) is 0 Å². The van der Waals surface area contributed by atoms with Crippen LogP contribution in [-0.4, -0.2) is 41.1 Å². The summed E-state index contributed by atoms with van der Waals surface area (Å²) in [7, 11) is 0. The van der Waals surface area contributed by atoms with Crippen LogP contribution in [0, 0.1) is 5.82 Å². The summed E-state index contributed by atoms with van der Waals surface area (Å²) >= 11 is 0. The van der Waals surface area contributed by atoms with Crippen molar-refractivity contribution in [3.8, 4) is 11.5 Å². The third kappa shape index (κ3) is 4.68. The molecule has 2 heterocycles. The van der Waals surface area contributed by atoms with Gasteiger partial charge in [0.1, 0.15) is 11.4 Å². The number of benzene rings is 2. The lowest BCUT2D eigenvalue weighted by Gasteiger charge is -2.45. The Hall–Kier alpha value is -3.01. The Morgan fingerprint density at radius 3 is 2.48 bits per heavy atom. The van der Waals surface area contributed by atoms with E-state index in [9.17, 15) is 27.5 Å². The first-order valence-electron chi connectivity index (χ1n) is 9.71. The van der Waals surface area contributed by atoms with Crippen LogP contribution in [0.25, 0.3) is 0 Å². The highest BCUT2D eigenvalue weighted by Gasteiger charge is 2.44. The normalized spacial score (nSPS) is 20.0. The molecule has 6 nitrogen and oxygen atoms in total. The zero-order chi connectivity index (χ0) is 22.2. The van der Waals surface area contributed by atoms with Crippen molar-refractivity contribution in [2.24, 2.45) is 0 Å². The van der Waals surface area contributed by atoms with Crippen LogP contribution in [0.5, 0.6) is 11.5 Å². The summed E-state index contributed by atoms with van der Waals surface area (Å²) < 4.78 is 60.6. The molecule has 2 aromatic carbocycles. The van der Waals surface area contributed by atoms with Crippen LogP contribution < -0.4 is 14.8 Å². The fourth-order valence-electron chi connectivity index (χ4n) is 3.98. The van der Waals surface area contributed by atoms with Gasteiger partial charge in [0, 0.05) is 43.6 Å². The summed E-state index contributed by atoms with van der Waals surface area (Å²) in [5.74, 6) is -0.861. The number of nitrogens with one attached hydrogen (secondary N) is 1. The van der Waals surface area contributed by atoms with Crippen LogP contribution in [0.2, 0.25) is 0 Å². The molecule has 166 valence electrons. The molecular formula is C21H20F4N2O4. The first-order valence-corrected chi connectivity index (χ1v) is 9.71. The molecule has 2 aromatic rings. The summed E-state index contributed by atoms with van der Waals surface area (Å²) in [6.45, 7) is 0.634. The summed E-state index contributed by atoms with van der Waals surface area (Å²) in [5, 5.41) is 13.1. The van der Waals surface area contributed by atoms with Gasteiger partial charge < -0.3 is 24.8 Å². The zero-order valence-electron chi connectivity index (χ0n) is 16.3. The summed E-state index contributed by atoms with van der Waals surface area (Å²) in [6, 6.07) is 8.85. The van der Waals surface area contributed by atoms with E-state index in [4.69, 9.17) is 4.74 Å². The SMILES string of the molecule is O=C(Nc1ccc(OC(F)(F)F)cc1)N1CCC2(CC1)CC(O)c1cccc(F)c1O2. The molecule has 2 aliphatic heterocycles. The first-order chi connectivity index (χ1) is 14.6. The van der Waals surface area contributed by atoms with Crippen LogP contribution >= 0.6 is 0 Å². The van der Waals surface area contributed by atoms with Crippen molar-refractivity contribution < 1.29 is 36.9 Å². The summed E-state index contributed by atoms with van der Waals surface area (Å²) in [5.41, 5.74) is -0.0222. The number of likely N-dealkylation sites (tertiary alicyclic amines) is 1. The lowest BCUT2D eigenvalue weighted by Crippen LogP contribution is -2.52. The lowest BCUT2D eigenvalue weighted by atomic mass is 9.81. The number of carbonyl (C=O) groups is 1. The van der Waals surface area contributed by atoms with Gasteiger partial charge >= 0.3 is 12.4 Å². The van der Waals surface area contributed by atoms with Gasteiger partial charge in [-0.15, -0.1) is 13.2 Å². The Bertz CT molecular complexity index is 957. The molecule has 1 fully saturated rings. The van der Waals surface area contributed by atoms with Gasteiger partial charge in [0.2, 0.25) is 0 Å². The van der Waals surface area contributed by atoms with Gasteiger partial charge in [0.15, 0.2) is 11.6 Å². The van der Waals surface area contributed by atoms with Gasteiger partial charge in [-0.25, -0.2) is 9.18 Å². The van der Waals surface area contributed by atoms with E-state index in [2.05, 4.69) is 10.1 Å². The van der Waals surface area contributed by atoms with E-state index in [1.54, 1.807) is 6.07 Å². The number of alkyl halides is 3. The molecule has 2 amide bonds. The number of aliphatic hydroxyl groups is 1. The molecule has 0 aliphatic carbocycles. The van der Waals surface area contributed by atoms with Gasteiger partial charge in [-0.05, 0) is 30.3 Å². The average Bonchev–Trinajstić information content (AvgIpc) is 2.70. The minimum Gasteiger partial charge on any atom is -0.484 e. The summed E-state index contributed by atoms with van der Waals surface area (Å²) in [4.78, 5) is 14.1. The molecule has 0 saturated carbocycles. The fraction of sp³-hybridized carbons (Fsp3) is 0.381. The van der Waals surface area contributed by atoms with Gasteiger partial charge in [-0.2, -0.15) is 0 Å². The highest BCUT2D eigenvalue weighted by Crippen LogP contribution is 2.45. The van der Waals surface area contributed by atoms with Crippen LogP contribution in [0.3, 0.4) is 0 Å². The Kier molecular flexibility index (Phi) is 5.42. The predicted molar refractivity (Wildman–Crippen MR) is 102 cm³/mol. The molecule has 1 saturated heterocycles. The predicted octanol–water partition coefficient (Wildman–Crippen LogP) is 4.61. The minimum absolute atomic E-state index is 0.0558. The number of aliphatic hydroxyl groups excluding tert-OH is 1. The number of fused-ring (bicyclic) bond motifs is 1. The van der Waals surface area contributed by atoms with Gasteiger partial charge in [-0.1, -0.05) is 12.1 Å². The van der Waals surface area contributed by atoms with Crippen molar-refractivity contribution in [3.05, 3.63) is 53.8 Å². The molecule has 4 rings (SSSR count). The number of ether oxygens (including phenoxy) is 2. The van der Waals surface area contributed by atoms with E-state index < -0.39 is 29.9 Å². The summed E-state index contributed by atoms with van der Waals surface area (Å²) in [6.07, 6.45) is -4.52. The number of nitrogens with zero attached hydrogens (tertiary/aromatic N) is 1. The number of piperidine rings is 1. The Morgan fingerprint density at radius 1 is 1.16 bits per heavy atom. The number of hydrogen-bond acceptors (Lipinski definition) is 4. The monoisotopic (exact) mass is 440 g/mol. The van der Waals surface area contributed by atoms with Gasteiger partial charge in [0.05, 0.1) is 6.10 Å². The molecule has 1 atom stereocenters. The average molecular weight is 440 g/mol. The lowest BCUT2D eigenvalue weighted by molar-refractivity contribution is -0.274. The Labute approximate surface area is 175 Å². The number of para-hydroxylation sites is 1. The number of anilines is 1. The quantitative estimate of drug-likeness (QED) is 0.670. The molecule has 0 aromatic heterocycles. The zero-order valence-corrected chi connectivity index (χ0v) is 16.3. The van der Waals surface area contributed by atoms with Crippen molar-refractivity contribution >= 4 is 11.7 Å². The molecule has 2 aliphatic rings. The largest absolute Gasteiger partial charge is 0.573 e. The van der Waals surface area contributed by atoms with Crippen LogP contribution in [0.4, 0.5) is 28.0 Å². The maximum absolute atomic E-state index is 14.2. The van der Waals surface area contributed by atoms with E-state index in [0.717, 1.165) is 12.1 Å². The van der Waals surface area contributed by atoms with Crippen molar-refractivity contribution in [2.45, 2.75) is 37.3 Å². The molecule has 1 unspecified atom stereocenters. The molecule has 1 spiro atoms. The number of urea groups is 1. The Balaban J connectivity index is 1.36. The van der Waals surface area contributed by atoms with Crippen molar-refractivity contribution in [2.75, 3.05) is 18.4 Å². The number of halogens is 4. The Morgan fingerprint density at radius 2 is 1.84 bits per heavy atom. The van der Waals surface area contributed by atoms with Crippen molar-refractivity contribution in [1.82, 2.24) is 4.90 Å².